The average molecular weight is 368 g/mol. The molecule has 0 saturated carbocycles. The van der Waals surface area contributed by atoms with Crippen LogP contribution in [0.1, 0.15) is 6.42 Å². The molecule has 0 bridgehead atoms. The van der Waals surface area contributed by atoms with Crippen LogP contribution in [-0.4, -0.2) is 45.1 Å². The Bertz CT molecular complexity index is 996. The first kappa shape index (κ1) is 16.9. The van der Waals surface area contributed by atoms with Gasteiger partial charge in [0.15, 0.2) is 11.5 Å². The lowest BCUT2D eigenvalue weighted by molar-refractivity contribution is 0.387. The number of hydrogen-bond acceptors (Lipinski definition) is 5. The molecule has 1 N–H and O–H groups in total. The number of H-pyrrole nitrogens is 1. The minimum absolute atomic E-state index is 0.102. The summed E-state index contributed by atoms with van der Waals surface area (Å²) in [5, 5.41) is 0.722. The van der Waals surface area contributed by atoms with Gasteiger partial charge in [0.2, 0.25) is 0 Å². The number of hydrogen-bond donors (Lipinski definition) is 1. The van der Waals surface area contributed by atoms with Crippen LogP contribution in [-0.2, 0) is 6.54 Å². The molecule has 0 saturated heterocycles. The Morgan fingerprint density at radius 2 is 1.88 bits per heavy atom. The highest BCUT2D eigenvalue weighted by Crippen LogP contribution is 2.29. The van der Waals surface area contributed by atoms with Gasteiger partial charge in [-0.15, -0.1) is 0 Å². The molecule has 0 unspecified atom stereocenters. The quantitative estimate of drug-likeness (QED) is 0.711. The van der Waals surface area contributed by atoms with Gasteiger partial charge in [-0.25, -0.2) is 9.78 Å². The van der Waals surface area contributed by atoms with Crippen LogP contribution in [0.15, 0.2) is 21.7 Å². The monoisotopic (exact) mass is 367 g/mol. The van der Waals surface area contributed by atoms with Crippen molar-refractivity contribution in [2.24, 2.45) is 0 Å². The van der Waals surface area contributed by atoms with E-state index in [0.29, 0.717) is 27.6 Å². The molecule has 3 rings (SSSR count). The van der Waals surface area contributed by atoms with E-state index >= 15 is 0 Å². The molecule has 2 aliphatic heterocycles. The smallest absolute Gasteiger partial charge is 0.322 e. The lowest BCUT2D eigenvalue weighted by atomic mass is 10.2. The molecule has 0 aliphatic carbocycles. The molecule has 1 aromatic rings. The Morgan fingerprint density at radius 3 is 2.58 bits per heavy atom. The average Bonchev–Trinajstić information content (AvgIpc) is 2.49. The van der Waals surface area contributed by atoms with E-state index in [0.717, 1.165) is 13.0 Å². The fourth-order valence-electron chi connectivity index (χ4n) is 2.56. The van der Waals surface area contributed by atoms with Crippen LogP contribution in [0.2, 0.25) is 10.0 Å². The van der Waals surface area contributed by atoms with Crippen molar-refractivity contribution in [3.8, 4) is 11.5 Å². The second-order valence-corrected chi connectivity index (χ2v) is 6.53. The van der Waals surface area contributed by atoms with Crippen molar-refractivity contribution in [1.82, 2.24) is 24.4 Å². The maximum atomic E-state index is 12.1. The van der Waals surface area contributed by atoms with Crippen molar-refractivity contribution < 1.29 is 0 Å². The summed E-state index contributed by atoms with van der Waals surface area (Å²) in [6.45, 7) is 1.40. The van der Waals surface area contributed by atoms with Crippen LogP contribution in [0.4, 0.5) is 0 Å². The number of fused-ring (bicyclic) bond motifs is 2. The van der Waals surface area contributed by atoms with Gasteiger partial charge in [-0.05, 0) is 39.2 Å². The van der Waals surface area contributed by atoms with Gasteiger partial charge in [-0.1, -0.05) is 23.2 Å². The molecule has 0 spiro atoms. The molecule has 9 heteroatoms. The highest BCUT2D eigenvalue weighted by Gasteiger charge is 2.19. The number of nitrogens with zero attached hydrogens (tertiary/aromatic N) is 4. The van der Waals surface area contributed by atoms with Crippen molar-refractivity contribution in [3.05, 3.63) is 43.0 Å². The first-order valence-corrected chi connectivity index (χ1v) is 8.07. The summed E-state index contributed by atoms with van der Waals surface area (Å²) in [6.07, 6.45) is 0.800. The molecule has 1 aromatic carbocycles. The van der Waals surface area contributed by atoms with E-state index in [2.05, 4.69) is 19.9 Å². The third kappa shape index (κ3) is 3.15. The number of aryl methyl sites for hydroxylation is 1. The summed E-state index contributed by atoms with van der Waals surface area (Å²) >= 11 is 12.2. The first-order chi connectivity index (χ1) is 11.4. The zero-order valence-electron chi connectivity index (χ0n) is 13.1. The van der Waals surface area contributed by atoms with Crippen molar-refractivity contribution in [1.29, 1.82) is 0 Å². The van der Waals surface area contributed by atoms with Gasteiger partial charge >= 0.3 is 5.69 Å². The second-order valence-electron chi connectivity index (χ2n) is 5.72. The van der Waals surface area contributed by atoms with Gasteiger partial charge in [0, 0.05) is 6.54 Å². The Labute approximate surface area is 147 Å². The van der Waals surface area contributed by atoms with Crippen LogP contribution in [0.5, 0.6) is 0 Å². The molecule has 2 aliphatic rings. The minimum Gasteiger partial charge on any atom is -0.322 e. The fraction of sp³-hybridized carbons (Fsp3) is 0.333. The Balaban J connectivity index is 2.30. The van der Waals surface area contributed by atoms with Crippen molar-refractivity contribution in [2.75, 3.05) is 20.6 Å². The molecular formula is C15H15Cl2N5O2. The first-order valence-electron chi connectivity index (χ1n) is 7.31. The number of aromatic nitrogens is 4. The molecule has 0 fully saturated rings. The number of halogens is 2. The molecule has 0 atom stereocenters. The predicted molar refractivity (Wildman–Crippen MR) is 94.2 cm³/mol. The van der Waals surface area contributed by atoms with Gasteiger partial charge in [0.1, 0.15) is 0 Å². The zero-order chi connectivity index (χ0) is 17.4. The van der Waals surface area contributed by atoms with Crippen molar-refractivity contribution >= 4 is 34.2 Å². The minimum atomic E-state index is -0.699. The van der Waals surface area contributed by atoms with Crippen molar-refractivity contribution in [2.45, 2.75) is 13.0 Å². The van der Waals surface area contributed by atoms with E-state index in [4.69, 9.17) is 23.2 Å². The summed E-state index contributed by atoms with van der Waals surface area (Å²) in [5.41, 5.74) is 0.0283. The van der Waals surface area contributed by atoms with E-state index in [1.165, 1.54) is 0 Å². The molecule has 0 radical (unpaired) electrons. The highest BCUT2D eigenvalue weighted by molar-refractivity contribution is 6.42. The van der Waals surface area contributed by atoms with Crippen molar-refractivity contribution in [3.63, 3.8) is 0 Å². The Morgan fingerprint density at radius 1 is 1.17 bits per heavy atom. The molecular weight excluding hydrogens is 353 g/mol. The van der Waals surface area contributed by atoms with Crippen LogP contribution in [0, 0.1) is 0 Å². The lowest BCUT2D eigenvalue weighted by Crippen LogP contribution is -2.29. The van der Waals surface area contributed by atoms with Gasteiger partial charge in [-0.3, -0.25) is 9.78 Å². The van der Waals surface area contributed by atoms with Crippen LogP contribution in [0.25, 0.3) is 22.6 Å². The molecule has 126 valence electrons. The SMILES string of the molecule is CN(C)CCCn1c2nc(=O)[nH]c(=O)c-2nc2cc(Cl)c(Cl)cc21. The van der Waals surface area contributed by atoms with E-state index < -0.39 is 11.2 Å². The van der Waals surface area contributed by atoms with Gasteiger partial charge in [0.05, 0.1) is 21.1 Å². The Hall–Kier alpha value is -1.96. The lowest BCUT2D eigenvalue weighted by Gasteiger charge is -2.18. The largest absolute Gasteiger partial charge is 0.349 e. The number of aromatic amines is 1. The maximum absolute atomic E-state index is 12.1. The number of nitrogens with one attached hydrogen (secondary N) is 1. The number of benzene rings is 1. The van der Waals surface area contributed by atoms with E-state index in [9.17, 15) is 9.59 Å². The summed E-state index contributed by atoms with van der Waals surface area (Å²) < 4.78 is 1.79. The normalized spacial score (nSPS) is 11.7. The van der Waals surface area contributed by atoms with Crippen LogP contribution >= 0.6 is 23.2 Å². The summed E-state index contributed by atoms with van der Waals surface area (Å²) in [7, 11) is 3.95. The predicted octanol–water partition coefficient (Wildman–Crippen LogP) is 1.84. The zero-order valence-corrected chi connectivity index (χ0v) is 14.6. The Kier molecular flexibility index (Phi) is 4.58. The van der Waals surface area contributed by atoms with E-state index in [1.54, 1.807) is 16.7 Å². The highest BCUT2D eigenvalue weighted by atomic mass is 35.5. The topological polar surface area (TPSA) is 83.9 Å². The standard InChI is InChI=1S/C15H15Cl2N5O2/c1-21(2)4-3-5-22-11-7-9(17)8(16)6-10(11)18-12-13(22)19-15(24)20-14(12)23/h6-7H,3-5H2,1-2H3,(H,20,23,24). The van der Waals surface area contributed by atoms with Crippen LogP contribution in [0.3, 0.4) is 0 Å². The molecule has 7 nitrogen and oxygen atoms in total. The van der Waals surface area contributed by atoms with Gasteiger partial charge in [0.25, 0.3) is 5.56 Å². The summed E-state index contributed by atoms with van der Waals surface area (Å²) in [5.74, 6) is 0.244. The summed E-state index contributed by atoms with van der Waals surface area (Å²) in [6, 6.07) is 3.28. The molecule has 0 aromatic heterocycles. The van der Waals surface area contributed by atoms with Gasteiger partial charge in [-0.2, -0.15) is 4.98 Å². The number of rotatable bonds is 4. The van der Waals surface area contributed by atoms with E-state index in [-0.39, 0.29) is 11.5 Å². The van der Waals surface area contributed by atoms with E-state index in [1.807, 2.05) is 14.1 Å². The fourth-order valence-corrected chi connectivity index (χ4v) is 2.88. The van der Waals surface area contributed by atoms with Gasteiger partial charge < -0.3 is 9.47 Å². The second kappa shape index (κ2) is 6.51. The third-order valence-electron chi connectivity index (χ3n) is 3.64. The third-order valence-corrected chi connectivity index (χ3v) is 4.36. The van der Waals surface area contributed by atoms with Crippen LogP contribution < -0.4 is 11.2 Å². The molecule has 24 heavy (non-hydrogen) atoms. The maximum Gasteiger partial charge on any atom is 0.349 e. The summed E-state index contributed by atoms with van der Waals surface area (Å²) in [4.78, 5) is 36.2. The molecule has 2 heterocycles. The molecule has 0 amide bonds.